The molecular weight excluding hydrogens is 262 g/mol. The van der Waals surface area contributed by atoms with E-state index in [0.717, 1.165) is 22.9 Å². The molecule has 2 aromatic rings. The Balaban J connectivity index is 2.22. The highest BCUT2D eigenvalue weighted by Crippen LogP contribution is 2.32. The molecule has 0 saturated carbocycles. The lowest BCUT2D eigenvalue weighted by molar-refractivity contribution is 0.395. The summed E-state index contributed by atoms with van der Waals surface area (Å²) in [7, 11) is 3.30. The van der Waals surface area contributed by atoms with Crippen LogP contribution in [-0.4, -0.2) is 14.2 Å². The number of ether oxygens (including phenoxy) is 2. The summed E-state index contributed by atoms with van der Waals surface area (Å²) in [6, 6.07) is 14.2. The summed E-state index contributed by atoms with van der Waals surface area (Å²) in [5.41, 5.74) is 3.43. The van der Waals surface area contributed by atoms with Crippen molar-refractivity contribution in [1.29, 1.82) is 0 Å². The van der Waals surface area contributed by atoms with Gasteiger partial charge in [-0.05, 0) is 35.2 Å². The van der Waals surface area contributed by atoms with Crippen LogP contribution in [0.2, 0.25) is 0 Å². The highest BCUT2D eigenvalue weighted by atomic mass is 16.5. The third-order valence-electron chi connectivity index (χ3n) is 3.44. The van der Waals surface area contributed by atoms with E-state index >= 15 is 0 Å². The molecule has 1 N–H and O–H groups in total. The molecule has 112 valence electrons. The van der Waals surface area contributed by atoms with Crippen molar-refractivity contribution < 1.29 is 9.47 Å². The van der Waals surface area contributed by atoms with Crippen LogP contribution in [-0.2, 0) is 5.41 Å². The SMILES string of the molecule is COc1ccc(Nc2ccc(C(C)(C)C)cc2)c(OC)c1. The number of anilines is 2. The standard InChI is InChI=1S/C18H23NO2/c1-18(2,3)13-6-8-14(9-7-13)19-16-11-10-15(20-4)12-17(16)21-5/h6-12,19H,1-5H3. The van der Waals surface area contributed by atoms with Crippen LogP contribution < -0.4 is 14.8 Å². The molecule has 0 spiro atoms. The molecule has 21 heavy (non-hydrogen) atoms. The average Bonchev–Trinajstić information content (AvgIpc) is 2.47. The van der Waals surface area contributed by atoms with Crippen molar-refractivity contribution in [3.05, 3.63) is 48.0 Å². The van der Waals surface area contributed by atoms with E-state index in [0.29, 0.717) is 0 Å². The summed E-state index contributed by atoms with van der Waals surface area (Å²) in [6.45, 7) is 6.63. The highest BCUT2D eigenvalue weighted by Gasteiger charge is 2.13. The average molecular weight is 285 g/mol. The van der Waals surface area contributed by atoms with Crippen molar-refractivity contribution in [2.24, 2.45) is 0 Å². The van der Waals surface area contributed by atoms with E-state index in [9.17, 15) is 0 Å². The van der Waals surface area contributed by atoms with Crippen molar-refractivity contribution in [1.82, 2.24) is 0 Å². The second-order valence-corrected chi connectivity index (χ2v) is 6.02. The largest absolute Gasteiger partial charge is 0.497 e. The monoisotopic (exact) mass is 285 g/mol. The van der Waals surface area contributed by atoms with E-state index in [1.165, 1.54) is 5.56 Å². The first-order valence-electron chi connectivity index (χ1n) is 7.03. The van der Waals surface area contributed by atoms with Gasteiger partial charge in [-0.25, -0.2) is 0 Å². The van der Waals surface area contributed by atoms with Gasteiger partial charge in [-0.15, -0.1) is 0 Å². The Kier molecular flexibility index (Phi) is 4.41. The van der Waals surface area contributed by atoms with Crippen LogP contribution in [0.15, 0.2) is 42.5 Å². The molecule has 0 unspecified atom stereocenters. The summed E-state index contributed by atoms with van der Waals surface area (Å²) in [4.78, 5) is 0. The molecule has 0 atom stereocenters. The highest BCUT2D eigenvalue weighted by molar-refractivity contribution is 5.67. The lowest BCUT2D eigenvalue weighted by Crippen LogP contribution is -2.10. The molecular formula is C18H23NO2. The number of benzene rings is 2. The Hall–Kier alpha value is -2.16. The molecule has 0 radical (unpaired) electrons. The third kappa shape index (κ3) is 3.69. The maximum atomic E-state index is 5.40. The maximum absolute atomic E-state index is 5.40. The lowest BCUT2D eigenvalue weighted by atomic mass is 9.87. The van der Waals surface area contributed by atoms with Gasteiger partial charge in [-0.3, -0.25) is 0 Å². The molecule has 0 aliphatic heterocycles. The fraction of sp³-hybridized carbons (Fsp3) is 0.333. The van der Waals surface area contributed by atoms with Gasteiger partial charge in [0.05, 0.1) is 19.9 Å². The van der Waals surface area contributed by atoms with Crippen LogP contribution in [0.25, 0.3) is 0 Å². The number of nitrogens with one attached hydrogen (secondary N) is 1. The van der Waals surface area contributed by atoms with Gasteiger partial charge in [-0.1, -0.05) is 32.9 Å². The van der Waals surface area contributed by atoms with Crippen molar-refractivity contribution in [2.75, 3.05) is 19.5 Å². The molecule has 0 amide bonds. The number of hydrogen-bond donors (Lipinski definition) is 1. The number of methoxy groups -OCH3 is 2. The van der Waals surface area contributed by atoms with Crippen molar-refractivity contribution >= 4 is 11.4 Å². The zero-order valence-corrected chi connectivity index (χ0v) is 13.4. The smallest absolute Gasteiger partial charge is 0.145 e. The first-order chi connectivity index (χ1) is 9.94. The van der Waals surface area contributed by atoms with E-state index in [1.54, 1.807) is 14.2 Å². The number of rotatable bonds is 4. The first kappa shape index (κ1) is 15.2. The Labute approximate surface area is 126 Å². The molecule has 0 heterocycles. The molecule has 3 nitrogen and oxygen atoms in total. The van der Waals surface area contributed by atoms with Crippen LogP contribution in [0, 0.1) is 0 Å². The Morgan fingerprint density at radius 2 is 1.52 bits per heavy atom. The lowest BCUT2D eigenvalue weighted by Gasteiger charge is -2.19. The summed E-state index contributed by atoms with van der Waals surface area (Å²) in [5, 5.41) is 3.37. The van der Waals surface area contributed by atoms with Gasteiger partial charge in [0.2, 0.25) is 0 Å². The van der Waals surface area contributed by atoms with Gasteiger partial charge in [0.1, 0.15) is 11.5 Å². The Bertz CT molecular complexity index is 598. The second kappa shape index (κ2) is 6.08. The molecule has 0 aliphatic carbocycles. The normalized spacial score (nSPS) is 11.1. The molecule has 0 saturated heterocycles. The summed E-state index contributed by atoms with van der Waals surface area (Å²) < 4.78 is 10.6. The van der Waals surface area contributed by atoms with Gasteiger partial charge in [0, 0.05) is 11.8 Å². The quantitative estimate of drug-likeness (QED) is 0.879. The van der Waals surface area contributed by atoms with E-state index < -0.39 is 0 Å². The fourth-order valence-electron chi connectivity index (χ4n) is 2.11. The minimum atomic E-state index is 0.163. The predicted molar refractivity (Wildman–Crippen MR) is 88.0 cm³/mol. The fourth-order valence-corrected chi connectivity index (χ4v) is 2.11. The zero-order chi connectivity index (χ0) is 15.5. The van der Waals surface area contributed by atoms with Gasteiger partial charge >= 0.3 is 0 Å². The summed E-state index contributed by atoms with van der Waals surface area (Å²) in [6.07, 6.45) is 0. The van der Waals surface area contributed by atoms with Gasteiger partial charge in [0.25, 0.3) is 0 Å². The van der Waals surface area contributed by atoms with Gasteiger partial charge in [0.15, 0.2) is 0 Å². The van der Waals surface area contributed by atoms with Crippen LogP contribution >= 0.6 is 0 Å². The molecule has 2 rings (SSSR count). The van der Waals surface area contributed by atoms with Gasteiger partial charge < -0.3 is 14.8 Å². The molecule has 2 aromatic carbocycles. The molecule has 0 aliphatic rings. The Morgan fingerprint density at radius 3 is 2.05 bits per heavy atom. The molecule has 0 fully saturated rings. The van der Waals surface area contributed by atoms with Crippen LogP contribution in [0.5, 0.6) is 11.5 Å². The predicted octanol–water partition coefficient (Wildman–Crippen LogP) is 4.74. The minimum Gasteiger partial charge on any atom is -0.497 e. The Morgan fingerprint density at radius 1 is 0.857 bits per heavy atom. The van der Waals surface area contributed by atoms with Crippen LogP contribution in [0.4, 0.5) is 11.4 Å². The van der Waals surface area contributed by atoms with E-state index in [4.69, 9.17) is 9.47 Å². The molecule has 0 aromatic heterocycles. The summed E-state index contributed by atoms with van der Waals surface area (Å²) >= 11 is 0. The minimum absolute atomic E-state index is 0.163. The molecule has 0 bridgehead atoms. The maximum Gasteiger partial charge on any atom is 0.145 e. The van der Waals surface area contributed by atoms with Crippen molar-refractivity contribution in [2.45, 2.75) is 26.2 Å². The van der Waals surface area contributed by atoms with Crippen molar-refractivity contribution in [3.8, 4) is 11.5 Å². The van der Waals surface area contributed by atoms with E-state index in [-0.39, 0.29) is 5.41 Å². The van der Waals surface area contributed by atoms with Crippen LogP contribution in [0.1, 0.15) is 26.3 Å². The topological polar surface area (TPSA) is 30.5 Å². The van der Waals surface area contributed by atoms with E-state index in [2.05, 4.69) is 50.4 Å². The first-order valence-corrected chi connectivity index (χ1v) is 7.03. The van der Waals surface area contributed by atoms with Crippen molar-refractivity contribution in [3.63, 3.8) is 0 Å². The zero-order valence-electron chi connectivity index (χ0n) is 13.4. The second-order valence-electron chi connectivity index (χ2n) is 6.02. The number of hydrogen-bond acceptors (Lipinski definition) is 3. The van der Waals surface area contributed by atoms with Crippen LogP contribution in [0.3, 0.4) is 0 Å². The van der Waals surface area contributed by atoms with E-state index in [1.807, 2.05) is 18.2 Å². The summed E-state index contributed by atoms with van der Waals surface area (Å²) in [5.74, 6) is 1.54. The molecule has 3 heteroatoms. The third-order valence-corrected chi connectivity index (χ3v) is 3.44. The van der Waals surface area contributed by atoms with Gasteiger partial charge in [-0.2, -0.15) is 0 Å².